The molecule has 0 aliphatic carbocycles. The van der Waals surface area contributed by atoms with Crippen LogP contribution in [0.5, 0.6) is 0 Å². The van der Waals surface area contributed by atoms with E-state index < -0.39 is 0 Å². The summed E-state index contributed by atoms with van der Waals surface area (Å²) in [5.41, 5.74) is 1.26. The first-order chi connectivity index (χ1) is 12.7. The summed E-state index contributed by atoms with van der Waals surface area (Å²) in [6.45, 7) is 2.18. The highest BCUT2D eigenvalue weighted by Gasteiger charge is 2.22. The Labute approximate surface area is 154 Å². The lowest BCUT2D eigenvalue weighted by Gasteiger charge is -2.32. The number of pyridine rings is 1. The molecular weight excluding hydrogens is 328 g/mol. The topological polar surface area (TPSA) is 83.0 Å². The van der Waals surface area contributed by atoms with E-state index in [0.717, 1.165) is 44.6 Å². The maximum absolute atomic E-state index is 11.9. The Morgan fingerprint density at radius 2 is 1.96 bits per heavy atom. The van der Waals surface area contributed by atoms with Crippen LogP contribution >= 0.6 is 0 Å². The Bertz CT molecular complexity index is 700. The van der Waals surface area contributed by atoms with Gasteiger partial charge in [0.15, 0.2) is 0 Å². The lowest BCUT2D eigenvalue weighted by molar-refractivity contribution is -0.131. The van der Waals surface area contributed by atoms with Gasteiger partial charge in [0.1, 0.15) is 5.82 Å². The van der Waals surface area contributed by atoms with Gasteiger partial charge in [0.05, 0.1) is 6.54 Å². The van der Waals surface area contributed by atoms with Crippen molar-refractivity contribution in [1.29, 1.82) is 0 Å². The number of likely N-dealkylation sites (tertiary alicyclic amines) is 1. The molecule has 0 radical (unpaired) electrons. The van der Waals surface area contributed by atoms with Crippen molar-refractivity contribution in [2.24, 2.45) is 5.92 Å². The first-order valence-corrected chi connectivity index (χ1v) is 9.16. The zero-order valence-electron chi connectivity index (χ0n) is 15.2. The fourth-order valence-electron chi connectivity index (χ4n) is 3.28. The SMILES string of the molecule is CNCC(=O)N1CCC(CCc2ccnc(Nc3ncccn3)c2)CC1. The fourth-order valence-corrected chi connectivity index (χ4v) is 3.28. The second-order valence-electron chi connectivity index (χ2n) is 6.64. The van der Waals surface area contributed by atoms with Gasteiger partial charge in [-0.2, -0.15) is 0 Å². The molecular formula is C19H26N6O. The Morgan fingerprint density at radius 1 is 1.19 bits per heavy atom. The van der Waals surface area contributed by atoms with Crippen molar-refractivity contribution in [3.05, 3.63) is 42.4 Å². The molecule has 2 N–H and O–H groups in total. The normalized spacial score (nSPS) is 15.0. The summed E-state index contributed by atoms with van der Waals surface area (Å²) < 4.78 is 0. The number of hydrogen-bond donors (Lipinski definition) is 2. The van der Waals surface area contributed by atoms with Gasteiger partial charge < -0.3 is 15.5 Å². The summed E-state index contributed by atoms with van der Waals surface area (Å²) in [6, 6.07) is 5.90. The maximum atomic E-state index is 11.9. The lowest BCUT2D eigenvalue weighted by atomic mass is 9.90. The monoisotopic (exact) mass is 354 g/mol. The number of nitrogens with zero attached hydrogens (tertiary/aromatic N) is 4. The van der Waals surface area contributed by atoms with E-state index in [9.17, 15) is 4.79 Å². The van der Waals surface area contributed by atoms with E-state index in [1.54, 1.807) is 18.5 Å². The van der Waals surface area contributed by atoms with Crippen molar-refractivity contribution in [2.75, 3.05) is 32.0 Å². The summed E-state index contributed by atoms with van der Waals surface area (Å²) in [5.74, 6) is 2.20. The lowest BCUT2D eigenvalue weighted by Crippen LogP contribution is -2.42. The largest absolute Gasteiger partial charge is 0.342 e. The molecule has 1 saturated heterocycles. The van der Waals surface area contributed by atoms with Crippen LogP contribution in [0.15, 0.2) is 36.8 Å². The van der Waals surface area contributed by atoms with Crippen molar-refractivity contribution in [2.45, 2.75) is 25.7 Å². The molecule has 138 valence electrons. The number of hydrogen-bond acceptors (Lipinski definition) is 6. The van der Waals surface area contributed by atoms with Crippen molar-refractivity contribution in [1.82, 2.24) is 25.2 Å². The van der Waals surface area contributed by atoms with Crippen LogP contribution in [0, 0.1) is 5.92 Å². The van der Waals surface area contributed by atoms with Gasteiger partial charge in [-0.25, -0.2) is 15.0 Å². The Morgan fingerprint density at radius 3 is 2.69 bits per heavy atom. The highest BCUT2D eigenvalue weighted by Crippen LogP contribution is 2.23. The number of amides is 1. The quantitative estimate of drug-likeness (QED) is 0.791. The Hall–Kier alpha value is -2.54. The van der Waals surface area contributed by atoms with Crippen molar-refractivity contribution in [3.8, 4) is 0 Å². The van der Waals surface area contributed by atoms with E-state index in [1.807, 2.05) is 18.1 Å². The van der Waals surface area contributed by atoms with Crippen molar-refractivity contribution in [3.63, 3.8) is 0 Å². The third-order valence-electron chi connectivity index (χ3n) is 4.77. The molecule has 2 aromatic heterocycles. The maximum Gasteiger partial charge on any atom is 0.236 e. The summed E-state index contributed by atoms with van der Waals surface area (Å²) in [7, 11) is 1.81. The molecule has 0 saturated carbocycles. The number of carbonyl (C=O) groups excluding carboxylic acids is 1. The number of anilines is 2. The highest BCUT2D eigenvalue weighted by molar-refractivity contribution is 5.78. The van der Waals surface area contributed by atoms with Gasteiger partial charge in [-0.3, -0.25) is 4.79 Å². The Kier molecular flexibility index (Phi) is 6.49. The van der Waals surface area contributed by atoms with Gasteiger partial charge in [0.2, 0.25) is 11.9 Å². The second-order valence-corrected chi connectivity index (χ2v) is 6.64. The van der Waals surface area contributed by atoms with Crippen LogP contribution < -0.4 is 10.6 Å². The second kappa shape index (κ2) is 9.24. The average Bonchev–Trinajstić information content (AvgIpc) is 2.68. The van der Waals surface area contributed by atoms with E-state index in [1.165, 1.54) is 5.56 Å². The molecule has 3 rings (SSSR count). The summed E-state index contributed by atoms with van der Waals surface area (Å²) >= 11 is 0. The molecule has 7 nitrogen and oxygen atoms in total. The van der Waals surface area contributed by atoms with Crippen LogP contribution in [0.4, 0.5) is 11.8 Å². The van der Waals surface area contributed by atoms with Gasteiger partial charge in [-0.05, 0) is 62.4 Å². The first kappa shape index (κ1) is 18.3. The molecule has 7 heteroatoms. The van der Waals surface area contributed by atoms with E-state index in [0.29, 0.717) is 18.4 Å². The van der Waals surface area contributed by atoms with E-state index in [2.05, 4.69) is 37.7 Å². The number of aryl methyl sites for hydroxylation is 1. The van der Waals surface area contributed by atoms with Gasteiger partial charge >= 0.3 is 0 Å². The molecule has 3 heterocycles. The first-order valence-electron chi connectivity index (χ1n) is 9.16. The minimum absolute atomic E-state index is 0.207. The molecule has 1 aliphatic rings. The third kappa shape index (κ3) is 5.23. The zero-order chi connectivity index (χ0) is 18.2. The van der Waals surface area contributed by atoms with E-state index in [4.69, 9.17) is 0 Å². The van der Waals surface area contributed by atoms with Crippen molar-refractivity contribution < 1.29 is 4.79 Å². The molecule has 1 fully saturated rings. The molecule has 0 spiro atoms. The fraction of sp³-hybridized carbons (Fsp3) is 0.474. The average molecular weight is 354 g/mol. The van der Waals surface area contributed by atoms with Crippen LogP contribution in [0.2, 0.25) is 0 Å². The van der Waals surface area contributed by atoms with Crippen LogP contribution in [-0.2, 0) is 11.2 Å². The smallest absolute Gasteiger partial charge is 0.236 e. The Balaban J connectivity index is 1.47. The molecule has 1 amide bonds. The van der Waals surface area contributed by atoms with Crippen LogP contribution in [-0.4, -0.2) is 52.4 Å². The molecule has 26 heavy (non-hydrogen) atoms. The number of nitrogens with one attached hydrogen (secondary N) is 2. The minimum atomic E-state index is 0.207. The standard InChI is InChI=1S/C19H26N6O/c1-20-14-18(26)25-11-6-15(7-12-25)3-4-16-5-10-21-17(13-16)24-19-22-8-2-9-23-19/h2,5,8-10,13,15,20H,3-4,6-7,11-12,14H2,1H3,(H,21,22,23,24). The number of carbonyl (C=O) groups is 1. The predicted octanol–water partition coefficient (Wildman–Crippen LogP) is 2.01. The van der Waals surface area contributed by atoms with Crippen LogP contribution in [0.25, 0.3) is 0 Å². The van der Waals surface area contributed by atoms with Gasteiger partial charge in [0.25, 0.3) is 0 Å². The third-order valence-corrected chi connectivity index (χ3v) is 4.77. The zero-order valence-corrected chi connectivity index (χ0v) is 15.2. The van der Waals surface area contributed by atoms with Crippen LogP contribution in [0.1, 0.15) is 24.8 Å². The van der Waals surface area contributed by atoms with Gasteiger partial charge in [-0.15, -0.1) is 0 Å². The number of aromatic nitrogens is 3. The number of rotatable bonds is 7. The van der Waals surface area contributed by atoms with E-state index in [-0.39, 0.29) is 5.91 Å². The minimum Gasteiger partial charge on any atom is -0.342 e. The molecule has 2 aromatic rings. The predicted molar refractivity (Wildman–Crippen MR) is 101 cm³/mol. The summed E-state index contributed by atoms with van der Waals surface area (Å²) in [5, 5.41) is 6.06. The summed E-state index contributed by atoms with van der Waals surface area (Å²) in [4.78, 5) is 26.5. The molecule has 0 aromatic carbocycles. The number of piperidine rings is 1. The number of likely N-dealkylation sites (N-methyl/N-ethyl adjacent to an activating group) is 1. The van der Waals surface area contributed by atoms with Gasteiger partial charge in [0, 0.05) is 31.7 Å². The molecule has 0 bridgehead atoms. The molecule has 1 aliphatic heterocycles. The summed E-state index contributed by atoms with van der Waals surface area (Å²) in [6.07, 6.45) is 9.55. The van der Waals surface area contributed by atoms with Crippen LogP contribution in [0.3, 0.4) is 0 Å². The van der Waals surface area contributed by atoms with Crippen molar-refractivity contribution >= 4 is 17.7 Å². The molecule has 0 unspecified atom stereocenters. The molecule has 0 atom stereocenters. The highest BCUT2D eigenvalue weighted by atomic mass is 16.2. The van der Waals surface area contributed by atoms with Gasteiger partial charge in [-0.1, -0.05) is 0 Å². The van der Waals surface area contributed by atoms with E-state index >= 15 is 0 Å².